The molecular weight excluding hydrogens is 370 g/mol. The van der Waals surface area contributed by atoms with E-state index in [0.717, 1.165) is 0 Å². The number of amides is 1. The molecule has 1 saturated heterocycles. The van der Waals surface area contributed by atoms with Crippen LogP contribution >= 0.6 is 11.6 Å². The number of carbonyl (C=O) groups excluding carboxylic acids is 1. The van der Waals surface area contributed by atoms with Gasteiger partial charge >= 0.3 is 0 Å². The van der Waals surface area contributed by atoms with Crippen LogP contribution in [0.25, 0.3) is 0 Å². The second-order valence-electron chi connectivity index (χ2n) is 5.33. The molecule has 134 valence electrons. The highest BCUT2D eigenvalue weighted by atomic mass is 35.5. The van der Waals surface area contributed by atoms with Crippen LogP contribution in [0.5, 0.6) is 0 Å². The molecule has 1 aromatic carbocycles. The molecule has 0 aliphatic carbocycles. The molecule has 1 aliphatic rings. The number of morpholine rings is 1. The van der Waals surface area contributed by atoms with Crippen LogP contribution in [0.3, 0.4) is 0 Å². The highest BCUT2D eigenvalue weighted by Gasteiger charge is 2.30. The van der Waals surface area contributed by atoms with Crippen molar-refractivity contribution in [1.29, 1.82) is 0 Å². The number of hydrogen-bond acceptors (Lipinski definition) is 6. The van der Waals surface area contributed by atoms with Crippen LogP contribution in [0.1, 0.15) is 10.6 Å². The zero-order valence-corrected chi connectivity index (χ0v) is 14.6. The molecule has 0 unspecified atom stereocenters. The first kappa shape index (κ1) is 17.7. The second kappa shape index (κ2) is 7.04. The van der Waals surface area contributed by atoms with Crippen LogP contribution in [-0.4, -0.2) is 44.9 Å². The molecule has 0 radical (unpaired) electrons. The average Bonchev–Trinajstić information content (AvgIpc) is 3.09. The molecular formula is C15H16ClN3O5S. The number of sulfonamides is 1. The quantitative estimate of drug-likeness (QED) is 0.775. The molecule has 0 bridgehead atoms. The summed E-state index contributed by atoms with van der Waals surface area (Å²) in [6, 6.07) is 7.17. The first-order valence-corrected chi connectivity index (χ1v) is 9.24. The lowest BCUT2D eigenvalue weighted by atomic mass is 10.3. The minimum Gasteiger partial charge on any atom is -0.438 e. The molecule has 8 nitrogen and oxygen atoms in total. The van der Waals surface area contributed by atoms with Crippen molar-refractivity contribution < 1.29 is 22.4 Å². The van der Waals surface area contributed by atoms with Gasteiger partial charge in [-0.25, -0.2) is 8.42 Å². The smallest absolute Gasteiger partial charge is 0.291 e. The van der Waals surface area contributed by atoms with Gasteiger partial charge in [-0.2, -0.15) is 4.31 Å². The maximum absolute atomic E-state index is 12.5. The Hall–Kier alpha value is -2.07. The number of carbonyl (C=O) groups is 1. The van der Waals surface area contributed by atoms with E-state index in [4.69, 9.17) is 26.5 Å². The van der Waals surface area contributed by atoms with E-state index in [9.17, 15) is 13.2 Å². The van der Waals surface area contributed by atoms with Crippen LogP contribution in [0.2, 0.25) is 5.02 Å². The molecule has 0 saturated carbocycles. The zero-order chi connectivity index (χ0) is 18.0. The van der Waals surface area contributed by atoms with Crippen molar-refractivity contribution in [3.63, 3.8) is 0 Å². The summed E-state index contributed by atoms with van der Waals surface area (Å²) in [7, 11) is -3.80. The second-order valence-corrected chi connectivity index (χ2v) is 7.60. The van der Waals surface area contributed by atoms with Crippen molar-refractivity contribution in [2.45, 2.75) is 5.09 Å². The predicted molar refractivity (Wildman–Crippen MR) is 92.1 cm³/mol. The number of ether oxygens (including phenoxy) is 1. The zero-order valence-electron chi connectivity index (χ0n) is 13.1. The lowest BCUT2D eigenvalue weighted by molar-refractivity contribution is 0.0723. The topological polar surface area (TPSA) is 115 Å². The molecule has 1 aromatic heterocycles. The summed E-state index contributed by atoms with van der Waals surface area (Å²) in [5, 5.41) is 2.53. The number of nitrogens with one attached hydrogen (secondary N) is 1. The van der Waals surface area contributed by atoms with Gasteiger partial charge in [0.2, 0.25) is 5.09 Å². The number of hydrogen-bond donors (Lipinski definition) is 2. The largest absolute Gasteiger partial charge is 0.438 e. The van der Waals surface area contributed by atoms with E-state index >= 15 is 0 Å². The molecule has 2 aromatic rings. The number of nitrogen functional groups attached to an aromatic ring is 1. The van der Waals surface area contributed by atoms with Crippen molar-refractivity contribution in [3.8, 4) is 0 Å². The number of nitrogens with zero attached hydrogens (tertiary/aromatic N) is 1. The van der Waals surface area contributed by atoms with Gasteiger partial charge in [-0.1, -0.05) is 11.6 Å². The average molecular weight is 386 g/mol. The first-order valence-electron chi connectivity index (χ1n) is 7.42. The molecule has 1 amide bonds. The normalized spacial score (nSPS) is 15.9. The van der Waals surface area contributed by atoms with Crippen molar-refractivity contribution in [2.24, 2.45) is 0 Å². The van der Waals surface area contributed by atoms with Crippen LogP contribution in [-0.2, 0) is 14.8 Å². The lowest BCUT2D eigenvalue weighted by Gasteiger charge is -2.24. The molecule has 1 aliphatic heterocycles. The van der Waals surface area contributed by atoms with Crippen molar-refractivity contribution in [2.75, 3.05) is 37.4 Å². The Kier molecular flexibility index (Phi) is 5.00. The van der Waals surface area contributed by atoms with Gasteiger partial charge in [0.05, 0.1) is 23.9 Å². The third-order valence-corrected chi connectivity index (χ3v) is 5.70. The summed E-state index contributed by atoms with van der Waals surface area (Å²) >= 11 is 6.00. The Morgan fingerprint density at radius 2 is 1.92 bits per heavy atom. The van der Waals surface area contributed by atoms with Gasteiger partial charge in [-0.05, 0) is 30.3 Å². The summed E-state index contributed by atoms with van der Waals surface area (Å²) in [6.07, 6.45) is 0. The van der Waals surface area contributed by atoms with E-state index in [1.165, 1.54) is 22.5 Å². The minimum atomic E-state index is -3.80. The number of benzene rings is 1. The van der Waals surface area contributed by atoms with E-state index in [1.807, 2.05) is 0 Å². The van der Waals surface area contributed by atoms with E-state index in [0.29, 0.717) is 24.6 Å². The van der Waals surface area contributed by atoms with Gasteiger partial charge in [0.25, 0.3) is 15.9 Å². The highest BCUT2D eigenvalue weighted by Crippen LogP contribution is 2.25. The molecule has 2 heterocycles. The Morgan fingerprint density at radius 1 is 1.20 bits per heavy atom. The summed E-state index contributed by atoms with van der Waals surface area (Å²) in [5.74, 6) is -0.755. The minimum absolute atomic E-state index is 0.139. The lowest BCUT2D eigenvalue weighted by Crippen LogP contribution is -2.40. The van der Waals surface area contributed by atoms with Gasteiger partial charge in [0.1, 0.15) is 0 Å². The number of furan rings is 1. The summed E-state index contributed by atoms with van der Waals surface area (Å²) in [5.41, 5.74) is 6.40. The number of anilines is 2. The molecule has 3 N–H and O–H groups in total. The SMILES string of the molecule is Nc1ccc(NC(=O)c2ccc(S(=O)(=O)N3CCOCC3)o2)c(Cl)c1. The van der Waals surface area contributed by atoms with E-state index in [1.54, 1.807) is 12.1 Å². The molecule has 0 atom stereocenters. The molecule has 1 fully saturated rings. The molecule has 0 spiro atoms. The van der Waals surface area contributed by atoms with Gasteiger partial charge in [-0.15, -0.1) is 0 Å². The van der Waals surface area contributed by atoms with Gasteiger partial charge in [0, 0.05) is 18.8 Å². The number of nitrogens with two attached hydrogens (primary N) is 1. The summed E-state index contributed by atoms with van der Waals surface area (Å²) in [4.78, 5) is 12.2. The van der Waals surface area contributed by atoms with Crippen molar-refractivity contribution >= 4 is 38.9 Å². The van der Waals surface area contributed by atoms with Gasteiger partial charge in [0.15, 0.2) is 5.76 Å². The predicted octanol–water partition coefficient (Wildman–Crippen LogP) is 1.79. The molecule has 25 heavy (non-hydrogen) atoms. The summed E-state index contributed by atoms with van der Waals surface area (Å²) < 4.78 is 36.6. The van der Waals surface area contributed by atoms with E-state index in [2.05, 4.69) is 5.32 Å². The third-order valence-electron chi connectivity index (χ3n) is 3.61. The monoisotopic (exact) mass is 385 g/mol. The number of halogens is 1. The van der Waals surface area contributed by atoms with Crippen molar-refractivity contribution in [3.05, 3.63) is 41.1 Å². The van der Waals surface area contributed by atoms with E-state index in [-0.39, 0.29) is 29.0 Å². The van der Waals surface area contributed by atoms with Gasteiger partial charge in [-0.3, -0.25) is 4.79 Å². The first-order chi connectivity index (χ1) is 11.9. The Morgan fingerprint density at radius 3 is 2.60 bits per heavy atom. The highest BCUT2D eigenvalue weighted by molar-refractivity contribution is 7.89. The summed E-state index contributed by atoms with van der Waals surface area (Å²) in [6.45, 7) is 1.13. The maximum Gasteiger partial charge on any atom is 0.291 e. The van der Waals surface area contributed by atoms with Crippen LogP contribution in [0, 0.1) is 0 Å². The molecule has 3 rings (SSSR count). The standard InChI is InChI=1S/C15H16ClN3O5S/c16-11-9-10(17)1-2-12(11)18-15(20)13-3-4-14(24-13)25(21,22)19-5-7-23-8-6-19/h1-4,9H,5-8,17H2,(H,18,20). The maximum atomic E-state index is 12.5. The number of rotatable bonds is 4. The molecule has 10 heteroatoms. The van der Waals surface area contributed by atoms with Crippen LogP contribution in [0.4, 0.5) is 11.4 Å². The van der Waals surface area contributed by atoms with E-state index < -0.39 is 15.9 Å². The Labute approximate surface area is 149 Å². The van der Waals surface area contributed by atoms with Crippen molar-refractivity contribution in [1.82, 2.24) is 4.31 Å². The Bertz CT molecular complexity index is 890. The Balaban J connectivity index is 1.77. The van der Waals surface area contributed by atoms with Crippen LogP contribution in [0.15, 0.2) is 39.8 Å². The van der Waals surface area contributed by atoms with Gasteiger partial charge < -0.3 is 20.2 Å². The third kappa shape index (κ3) is 3.79. The fourth-order valence-electron chi connectivity index (χ4n) is 2.31. The fraction of sp³-hybridized carbons (Fsp3) is 0.267. The fourth-order valence-corrected chi connectivity index (χ4v) is 3.87. The van der Waals surface area contributed by atoms with Crippen LogP contribution < -0.4 is 11.1 Å².